The first-order chi connectivity index (χ1) is 19.7. The van der Waals surface area contributed by atoms with Crippen molar-refractivity contribution in [3.63, 3.8) is 0 Å². The van der Waals surface area contributed by atoms with Gasteiger partial charge in [0.1, 0.15) is 17.7 Å². The first-order valence-corrected chi connectivity index (χ1v) is 13.5. The molecule has 1 atom stereocenters. The Balaban J connectivity index is 1.38. The minimum atomic E-state index is -0.656. The lowest BCUT2D eigenvalue weighted by atomic mass is 9.76. The molecular weight excluding hydrogens is 496 g/mol. The standard InChI is InChI=1S/C33H32N6O/c34-32-30-17-16-24(31(30)37-22-38-32)19-36-28(21-40)18-29-20-35-23-39(29)33(25-10-4-1-5-11-25,26-12-6-2-7-13-26)27-14-8-3-9-15-27/h1-16,20,22-23,28,36,40H,17-19,21H2,(H2,34,37,38)/t28-/m0/s1. The Morgan fingerprint density at radius 1 is 0.875 bits per heavy atom. The average molecular weight is 529 g/mol. The molecule has 6 rings (SSSR count). The lowest BCUT2D eigenvalue weighted by molar-refractivity contribution is 0.243. The van der Waals surface area contributed by atoms with Gasteiger partial charge >= 0.3 is 0 Å². The number of fused-ring (bicyclic) bond motifs is 1. The van der Waals surface area contributed by atoms with E-state index in [4.69, 9.17) is 5.73 Å². The minimum Gasteiger partial charge on any atom is -0.395 e. The maximum atomic E-state index is 10.4. The second-order valence-corrected chi connectivity index (χ2v) is 10.0. The first-order valence-electron chi connectivity index (χ1n) is 13.5. The van der Waals surface area contributed by atoms with E-state index in [-0.39, 0.29) is 12.6 Å². The molecule has 2 heterocycles. The zero-order valence-corrected chi connectivity index (χ0v) is 22.2. The van der Waals surface area contributed by atoms with Crippen molar-refractivity contribution < 1.29 is 5.11 Å². The summed E-state index contributed by atoms with van der Waals surface area (Å²) in [6, 6.07) is 31.4. The van der Waals surface area contributed by atoms with E-state index in [1.165, 1.54) is 6.33 Å². The monoisotopic (exact) mass is 528 g/mol. The van der Waals surface area contributed by atoms with Gasteiger partial charge in [-0.2, -0.15) is 0 Å². The number of nitrogens with one attached hydrogen (secondary N) is 1. The van der Waals surface area contributed by atoms with Crippen LogP contribution in [0.5, 0.6) is 0 Å². The van der Waals surface area contributed by atoms with Crippen LogP contribution < -0.4 is 11.1 Å². The second-order valence-electron chi connectivity index (χ2n) is 10.0. The van der Waals surface area contributed by atoms with E-state index in [0.29, 0.717) is 18.8 Å². The molecule has 0 unspecified atom stereocenters. The molecule has 0 fully saturated rings. The zero-order valence-electron chi connectivity index (χ0n) is 22.2. The van der Waals surface area contributed by atoms with Crippen molar-refractivity contribution in [1.82, 2.24) is 24.8 Å². The van der Waals surface area contributed by atoms with E-state index in [1.54, 1.807) is 0 Å². The van der Waals surface area contributed by atoms with Crippen molar-refractivity contribution in [3.05, 3.63) is 150 Å². The fourth-order valence-electron chi connectivity index (χ4n) is 5.82. The Hall–Kier alpha value is -4.59. The van der Waals surface area contributed by atoms with Gasteiger partial charge in [-0.1, -0.05) is 97.1 Å². The molecule has 0 saturated heterocycles. The Morgan fingerprint density at radius 2 is 1.48 bits per heavy atom. The number of nitrogens with two attached hydrogens (primary N) is 1. The smallest absolute Gasteiger partial charge is 0.130 e. The maximum Gasteiger partial charge on any atom is 0.130 e. The number of anilines is 1. The zero-order chi connectivity index (χ0) is 27.4. The molecule has 0 amide bonds. The normalized spacial score (nSPS) is 13.6. The third kappa shape index (κ3) is 4.59. The number of benzene rings is 3. The van der Waals surface area contributed by atoms with Crippen molar-refractivity contribution in [2.75, 3.05) is 18.9 Å². The highest BCUT2D eigenvalue weighted by Crippen LogP contribution is 2.41. The van der Waals surface area contributed by atoms with Crippen LogP contribution in [0.25, 0.3) is 5.57 Å². The molecule has 4 N–H and O–H groups in total. The van der Waals surface area contributed by atoms with Crippen molar-refractivity contribution in [2.24, 2.45) is 0 Å². The molecular formula is C33H32N6O. The van der Waals surface area contributed by atoms with Gasteiger partial charge in [0.25, 0.3) is 0 Å². The van der Waals surface area contributed by atoms with E-state index >= 15 is 0 Å². The van der Waals surface area contributed by atoms with E-state index in [9.17, 15) is 5.11 Å². The number of aromatic nitrogens is 4. The lowest BCUT2D eigenvalue weighted by Crippen LogP contribution is -2.41. The molecule has 5 aromatic rings. The predicted octanol–water partition coefficient (Wildman–Crippen LogP) is 4.23. The molecule has 200 valence electrons. The van der Waals surface area contributed by atoms with Crippen LogP contribution in [0.4, 0.5) is 5.82 Å². The molecule has 0 radical (unpaired) electrons. The molecule has 0 aliphatic heterocycles. The molecule has 7 heteroatoms. The largest absolute Gasteiger partial charge is 0.395 e. The van der Waals surface area contributed by atoms with E-state index in [0.717, 1.165) is 45.6 Å². The minimum absolute atomic E-state index is 0.0216. The topological polar surface area (TPSA) is 102 Å². The van der Waals surface area contributed by atoms with E-state index in [1.807, 2.05) is 30.7 Å². The number of hydrogen-bond acceptors (Lipinski definition) is 6. The maximum absolute atomic E-state index is 10.4. The average Bonchev–Trinajstić information content (AvgIpc) is 3.65. The summed E-state index contributed by atoms with van der Waals surface area (Å²) >= 11 is 0. The summed E-state index contributed by atoms with van der Waals surface area (Å²) in [5, 5.41) is 14.0. The Labute approximate surface area is 234 Å². The molecule has 2 aromatic heterocycles. The summed E-state index contributed by atoms with van der Waals surface area (Å²) in [7, 11) is 0. The third-order valence-electron chi connectivity index (χ3n) is 7.74. The third-order valence-corrected chi connectivity index (χ3v) is 7.74. The van der Waals surface area contributed by atoms with Gasteiger partial charge < -0.3 is 20.7 Å². The number of aliphatic hydroxyl groups excluding tert-OH is 1. The van der Waals surface area contributed by atoms with Crippen LogP contribution in [-0.2, 0) is 18.4 Å². The second kappa shape index (κ2) is 11.3. The summed E-state index contributed by atoms with van der Waals surface area (Å²) in [5.74, 6) is 0.526. The molecule has 1 aliphatic carbocycles. The number of aliphatic hydroxyl groups is 1. The lowest BCUT2D eigenvalue weighted by Gasteiger charge is -2.39. The number of nitrogen functional groups attached to an aromatic ring is 1. The van der Waals surface area contributed by atoms with Gasteiger partial charge in [-0.25, -0.2) is 15.0 Å². The van der Waals surface area contributed by atoms with Crippen molar-refractivity contribution in [1.29, 1.82) is 0 Å². The number of nitrogens with zero attached hydrogens (tertiary/aromatic N) is 4. The van der Waals surface area contributed by atoms with Gasteiger partial charge in [0.15, 0.2) is 0 Å². The molecule has 7 nitrogen and oxygen atoms in total. The van der Waals surface area contributed by atoms with Crippen LogP contribution >= 0.6 is 0 Å². The Kier molecular flexibility index (Phi) is 7.23. The van der Waals surface area contributed by atoms with Crippen molar-refractivity contribution in [2.45, 2.75) is 24.4 Å². The van der Waals surface area contributed by atoms with Crippen LogP contribution in [0.2, 0.25) is 0 Å². The molecule has 1 aliphatic rings. The Bertz CT molecular complexity index is 1500. The van der Waals surface area contributed by atoms with Gasteiger partial charge in [0, 0.05) is 36.5 Å². The SMILES string of the molecule is Nc1ncnc2c1CC=C2CN[C@H](CO)Cc1cncn1C(c1ccccc1)(c1ccccc1)c1ccccc1. The summed E-state index contributed by atoms with van der Waals surface area (Å²) in [4.78, 5) is 13.2. The molecule has 0 spiro atoms. The molecule has 0 bridgehead atoms. The van der Waals surface area contributed by atoms with Crippen molar-refractivity contribution in [3.8, 4) is 0 Å². The van der Waals surface area contributed by atoms with Gasteiger partial charge in [-0.3, -0.25) is 0 Å². The van der Waals surface area contributed by atoms with Crippen LogP contribution in [0, 0.1) is 0 Å². The van der Waals surface area contributed by atoms with Gasteiger partial charge in [0.05, 0.1) is 18.6 Å². The van der Waals surface area contributed by atoms with Gasteiger partial charge in [0.2, 0.25) is 0 Å². The van der Waals surface area contributed by atoms with Crippen LogP contribution in [-0.4, -0.2) is 43.8 Å². The van der Waals surface area contributed by atoms with Crippen molar-refractivity contribution >= 4 is 11.4 Å². The summed E-state index contributed by atoms with van der Waals surface area (Å²) < 4.78 is 2.26. The van der Waals surface area contributed by atoms with E-state index < -0.39 is 5.54 Å². The fraction of sp³-hybridized carbons (Fsp3) is 0.182. The molecule has 3 aromatic carbocycles. The summed E-state index contributed by atoms with van der Waals surface area (Å²) in [6.45, 7) is 0.552. The van der Waals surface area contributed by atoms with E-state index in [2.05, 4.69) is 104 Å². The fourth-order valence-corrected chi connectivity index (χ4v) is 5.82. The first kappa shape index (κ1) is 25.7. The number of hydrogen-bond donors (Lipinski definition) is 3. The number of imidazole rings is 1. The highest BCUT2D eigenvalue weighted by atomic mass is 16.3. The van der Waals surface area contributed by atoms with Gasteiger partial charge in [-0.15, -0.1) is 0 Å². The van der Waals surface area contributed by atoms with Gasteiger partial charge in [-0.05, 0) is 28.7 Å². The highest BCUT2D eigenvalue weighted by Gasteiger charge is 2.39. The van der Waals surface area contributed by atoms with Crippen LogP contribution in [0.3, 0.4) is 0 Å². The van der Waals surface area contributed by atoms with Crippen LogP contribution in [0.15, 0.2) is 116 Å². The van der Waals surface area contributed by atoms with Crippen LogP contribution in [0.1, 0.15) is 33.6 Å². The predicted molar refractivity (Wildman–Crippen MR) is 158 cm³/mol. The quantitative estimate of drug-likeness (QED) is 0.235. The summed E-state index contributed by atoms with van der Waals surface area (Å²) in [6.07, 6.45) is 8.76. The number of allylic oxidation sites excluding steroid dienone is 1. The Morgan fingerprint density at radius 3 is 2.05 bits per heavy atom. The number of rotatable bonds is 10. The molecule has 40 heavy (non-hydrogen) atoms. The highest BCUT2D eigenvalue weighted by molar-refractivity contribution is 5.74. The summed E-state index contributed by atoms with van der Waals surface area (Å²) in [5.41, 5.74) is 12.7. The molecule has 0 saturated carbocycles.